The lowest BCUT2D eigenvalue weighted by Crippen LogP contribution is -2.27. The third kappa shape index (κ3) is 6.95. The summed E-state index contributed by atoms with van der Waals surface area (Å²) in [6.07, 6.45) is 1.23. The molecule has 0 aliphatic carbocycles. The minimum Gasteiger partial charge on any atom is -0.316 e. The van der Waals surface area contributed by atoms with Crippen molar-refractivity contribution >= 4 is 11.8 Å². The molecule has 0 amide bonds. The van der Waals surface area contributed by atoms with Crippen molar-refractivity contribution in [3.8, 4) is 0 Å². The normalized spacial score (nSPS) is 13.8. The molecule has 2 nitrogen and oxygen atoms in total. The summed E-state index contributed by atoms with van der Waals surface area (Å²) in [4.78, 5) is 2.23. The maximum Gasteiger partial charge on any atom is 0.0152 e. The van der Waals surface area contributed by atoms with Crippen LogP contribution in [0.2, 0.25) is 0 Å². The second-order valence-electron chi connectivity index (χ2n) is 3.27. The van der Waals surface area contributed by atoms with Crippen LogP contribution in [0.3, 0.4) is 0 Å². The molecule has 3 heteroatoms. The Bertz CT molecular complexity index is 92.5. The molecular weight excluding hydrogens is 168 g/mol. The van der Waals surface area contributed by atoms with Crippen LogP contribution in [-0.4, -0.2) is 50.1 Å². The predicted octanol–water partition coefficient (Wildman–Crippen LogP) is 1.28. The van der Waals surface area contributed by atoms with E-state index in [1.54, 1.807) is 0 Å². The Morgan fingerprint density at radius 1 is 1.42 bits per heavy atom. The molecule has 0 aromatic carbocycles. The molecule has 12 heavy (non-hydrogen) atoms. The van der Waals surface area contributed by atoms with Crippen LogP contribution in [0.4, 0.5) is 0 Å². The van der Waals surface area contributed by atoms with Crippen LogP contribution in [0.5, 0.6) is 0 Å². The van der Waals surface area contributed by atoms with Gasteiger partial charge in [0.25, 0.3) is 0 Å². The van der Waals surface area contributed by atoms with Gasteiger partial charge in [0.2, 0.25) is 0 Å². The smallest absolute Gasteiger partial charge is 0.0152 e. The largest absolute Gasteiger partial charge is 0.316 e. The highest BCUT2D eigenvalue weighted by Gasteiger charge is 2.01. The van der Waals surface area contributed by atoms with Crippen molar-refractivity contribution in [2.24, 2.45) is 0 Å². The fourth-order valence-electron chi connectivity index (χ4n) is 0.878. The van der Waals surface area contributed by atoms with Gasteiger partial charge in [-0.05, 0) is 27.6 Å². The number of hydrogen-bond acceptors (Lipinski definition) is 3. The van der Waals surface area contributed by atoms with Crippen LogP contribution in [0, 0.1) is 0 Å². The van der Waals surface area contributed by atoms with Gasteiger partial charge in [-0.2, -0.15) is 11.8 Å². The summed E-state index contributed by atoms with van der Waals surface area (Å²) in [6, 6.07) is 0.692. The number of nitrogens with zero attached hydrogens (tertiary/aromatic N) is 1. The van der Waals surface area contributed by atoms with Crippen LogP contribution in [-0.2, 0) is 0 Å². The standard InChI is InChI=1S/C9H22N2S/c1-5-9(10-2)8-12-7-6-11(3)4/h9-10H,5-8H2,1-4H3. The SMILES string of the molecule is CCC(CSCCN(C)C)NC. The topological polar surface area (TPSA) is 15.3 Å². The van der Waals surface area contributed by atoms with Gasteiger partial charge >= 0.3 is 0 Å². The summed E-state index contributed by atoms with van der Waals surface area (Å²) in [6.45, 7) is 3.42. The number of thioether (sulfide) groups is 1. The highest BCUT2D eigenvalue weighted by molar-refractivity contribution is 7.99. The van der Waals surface area contributed by atoms with E-state index in [1.807, 2.05) is 18.8 Å². The van der Waals surface area contributed by atoms with Crippen molar-refractivity contribution in [2.45, 2.75) is 19.4 Å². The van der Waals surface area contributed by atoms with E-state index in [2.05, 4.69) is 31.2 Å². The van der Waals surface area contributed by atoms with Crippen molar-refractivity contribution < 1.29 is 0 Å². The molecule has 0 rings (SSSR count). The number of rotatable bonds is 7. The highest BCUT2D eigenvalue weighted by atomic mass is 32.2. The van der Waals surface area contributed by atoms with Gasteiger partial charge in [-0.25, -0.2) is 0 Å². The summed E-state index contributed by atoms with van der Waals surface area (Å²) < 4.78 is 0. The lowest BCUT2D eigenvalue weighted by molar-refractivity contribution is 0.437. The number of nitrogens with one attached hydrogen (secondary N) is 1. The van der Waals surface area contributed by atoms with Gasteiger partial charge in [0, 0.05) is 24.1 Å². The molecule has 0 heterocycles. The van der Waals surface area contributed by atoms with E-state index in [0.717, 1.165) is 0 Å². The van der Waals surface area contributed by atoms with Crippen LogP contribution in [0.25, 0.3) is 0 Å². The molecule has 0 aromatic heterocycles. The van der Waals surface area contributed by atoms with Crippen LogP contribution in [0.15, 0.2) is 0 Å². The van der Waals surface area contributed by atoms with Crippen molar-refractivity contribution in [1.29, 1.82) is 0 Å². The summed E-state index contributed by atoms with van der Waals surface area (Å²) in [7, 11) is 6.28. The van der Waals surface area contributed by atoms with E-state index >= 15 is 0 Å². The first-order valence-corrected chi connectivity index (χ1v) is 5.75. The van der Waals surface area contributed by atoms with Gasteiger partial charge in [0.1, 0.15) is 0 Å². The lowest BCUT2D eigenvalue weighted by atomic mass is 10.3. The molecule has 0 bridgehead atoms. The Hall–Kier alpha value is 0.270. The van der Waals surface area contributed by atoms with Gasteiger partial charge in [-0.15, -0.1) is 0 Å². The van der Waals surface area contributed by atoms with Crippen LogP contribution >= 0.6 is 11.8 Å². The van der Waals surface area contributed by atoms with E-state index in [9.17, 15) is 0 Å². The zero-order chi connectivity index (χ0) is 9.40. The summed E-state index contributed by atoms with van der Waals surface area (Å²) in [5.41, 5.74) is 0. The number of hydrogen-bond donors (Lipinski definition) is 1. The molecule has 1 N–H and O–H groups in total. The minimum absolute atomic E-state index is 0.692. The molecule has 0 fully saturated rings. The minimum atomic E-state index is 0.692. The third-order valence-corrected chi connectivity index (χ3v) is 3.01. The molecule has 0 spiro atoms. The molecular formula is C9H22N2S. The molecule has 74 valence electrons. The average Bonchev–Trinajstić information content (AvgIpc) is 2.04. The first-order chi connectivity index (χ1) is 5.70. The Morgan fingerprint density at radius 3 is 2.50 bits per heavy atom. The Labute approximate surface area is 81.1 Å². The predicted molar refractivity (Wildman–Crippen MR) is 59.0 cm³/mol. The molecule has 0 saturated carbocycles. The van der Waals surface area contributed by atoms with Crippen molar-refractivity contribution in [3.05, 3.63) is 0 Å². The van der Waals surface area contributed by atoms with Crippen molar-refractivity contribution in [3.63, 3.8) is 0 Å². The van der Waals surface area contributed by atoms with Gasteiger partial charge in [-0.3, -0.25) is 0 Å². The average molecular weight is 190 g/mol. The quantitative estimate of drug-likeness (QED) is 0.609. The third-order valence-electron chi connectivity index (χ3n) is 1.90. The van der Waals surface area contributed by atoms with E-state index in [4.69, 9.17) is 0 Å². The van der Waals surface area contributed by atoms with Gasteiger partial charge in [0.15, 0.2) is 0 Å². The van der Waals surface area contributed by atoms with E-state index < -0.39 is 0 Å². The summed E-state index contributed by atoms with van der Waals surface area (Å²) in [5, 5.41) is 3.31. The lowest BCUT2D eigenvalue weighted by Gasteiger charge is -2.14. The van der Waals surface area contributed by atoms with E-state index in [-0.39, 0.29) is 0 Å². The van der Waals surface area contributed by atoms with E-state index in [1.165, 1.54) is 24.5 Å². The fourth-order valence-corrected chi connectivity index (χ4v) is 2.23. The molecule has 0 aliphatic rings. The van der Waals surface area contributed by atoms with Crippen LogP contribution < -0.4 is 5.32 Å². The Kier molecular flexibility index (Phi) is 8.07. The Morgan fingerprint density at radius 2 is 2.08 bits per heavy atom. The molecule has 0 aliphatic heterocycles. The maximum atomic E-state index is 3.31. The first kappa shape index (κ1) is 12.3. The highest BCUT2D eigenvalue weighted by Crippen LogP contribution is 2.04. The van der Waals surface area contributed by atoms with Crippen molar-refractivity contribution in [1.82, 2.24) is 10.2 Å². The summed E-state index contributed by atoms with van der Waals surface area (Å²) in [5.74, 6) is 2.48. The zero-order valence-electron chi connectivity index (χ0n) is 8.76. The second kappa shape index (κ2) is 7.90. The second-order valence-corrected chi connectivity index (χ2v) is 4.42. The summed E-state index contributed by atoms with van der Waals surface area (Å²) >= 11 is 2.03. The van der Waals surface area contributed by atoms with E-state index in [0.29, 0.717) is 6.04 Å². The molecule has 0 saturated heterocycles. The molecule has 1 unspecified atom stereocenters. The van der Waals surface area contributed by atoms with Gasteiger partial charge in [0.05, 0.1) is 0 Å². The van der Waals surface area contributed by atoms with Crippen molar-refractivity contribution in [2.75, 3.05) is 39.2 Å². The molecule has 1 atom stereocenters. The Balaban J connectivity index is 3.17. The first-order valence-electron chi connectivity index (χ1n) is 4.60. The van der Waals surface area contributed by atoms with Gasteiger partial charge < -0.3 is 10.2 Å². The monoisotopic (exact) mass is 190 g/mol. The van der Waals surface area contributed by atoms with Gasteiger partial charge in [-0.1, -0.05) is 6.92 Å². The zero-order valence-corrected chi connectivity index (χ0v) is 9.58. The molecule has 0 radical (unpaired) electrons. The maximum absolute atomic E-state index is 3.31. The fraction of sp³-hybridized carbons (Fsp3) is 1.00. The molecule has 0 aromatic rings. The van der Waals surface area contributed by atoms with Crippen LogP contribution in [0.1, 0.15) is 13.3 Å².